The largest absolute Gasteiger partial charge is 0.493 e. The van der Waals surface area contributed by atoms with E-state index in [1.54, 1.807) is 32.4 Å². The molecule has 2 unspecified atom stereocenters. The Hall–Kier alpha value is -1.79. The minimum absolute atomic E-state index is 0.0719. The first kappa shape index (κ1) is 16.3. The summed E-state index contributed by atoms with van der Waals surface area (Å²) in [5, 5.41) is 13.3. The van der Waals surface area contributed by atoms with E-state index in [0.717, 1.165) is 0 Å². The van der Waals surface area contributed by atoms with E-state index in [4.69, 9.17) is 9.47 Å². The molecule has 0 amide bonds. The number of likely N-dealkylation sites (N-methyl/N-ethyl adjacent to an activating group) is 1. The summed E-state index contributed by atoms with van der Waals surface area (Å²) >= 11 is 0. The zero-order valence-electron chi connectivity index (χ0n) is 12.2. The maximum atomic E-state index is 11.3. The number of nitrogens with one attached hydrogen (secondary N) is 1. The lowest BCUT2D eigenvalue weighted by atomic mass is 9.99. The van der Waals surface area contributed by atoms with Crippen LogP contribution in [0.25, 0.3) is 0 Å². The Balaban J connectivity index is 2.94. The molecule has 0 radical (unpaired) electrons. The Morgan fingerprint density at radius 2 is 1.90 bits per heavy atom. The number of aliphatic hydroxyl groups is 1. The quantitative estimate of drug-likeness (QED) is 0.724. The van der Waals surface area contributed by atoms with Crippen molar-refractivity contribution in [3.63, 3.8) is 0 Å². The van der Waals surface area contributed by atoms with E-state index in [0.29, 0.717) is 17.1 Å². The Labute approximate surface area is 118 Å². The predicted molar refractivity (Wildman–Crippen MR) is 74.0 cm³/mol. The summed E-state index contributed by atoms with van der Waals surface area (Å²) in [5.74, 6) is 0.721. The fourth-order valence-electron chi connectivity index (χ4n) is 1.90. The van der Waals surface area contributed by atoms with Crippen molar-refractivity contribution in [3.05, 3.63) is 23.8 Å². The van der Waals surface area contributed by atoms with Crippen molar-refractivity contribution in [2.24, 2.45) is 0 Å². The number of aliphatic hydroxyl groups excluding tert-OH is 1. The zero-order valence-corrected chi connectivity index (χ0v) is 12.2. The van der Waals surface area contributed by atoms with Gasteiger partial charge in [-0.15, -0.1) is 0 Å². The number of hydrogen-bond donors (Lipinski definition) is 2. The summed E-state index contributed by atoms with van der Waals surface area (Å²) in [6, 6.07) is 4.68. The number of carbonyl (C=O) groups is 1. The minimum atomic E-state index is -0.862. The smallest absolute Gasteiger partial charge is 0.307 e. The third-order valence-corrected chi connectivity index (χ3v) is 3.12. The molecule has 0 saturated carbocycles. The molecule has 2 N–H and O–H groups in total. The van der Waals surface area contributed by atoms with Gasteiger partial charge < -0.3 is 24.6 Å². The molecule has 1 rings (SSSR count). The van der Waals surface area contributed by atoms with Gasteiger partial charge in [0.25, 0.3) is 0 Å². The highest BCUT2D eigenvalue weighted by molar-refractivity contribution is 5.70. The Morgan fingerprint density at radius 1 is 1.25 bits per heavy atom. The molecule has 0 spiro atoms. The fraction of sp³-hybridized carbons (Fsp3) is 0.500. The van der Waals surface area contributed by atoms with Gasteiger partial charge in [0.05, 0.1) is 33.9 Å². The molecule has 0 aliphatic carbocycles. The maximum absolute atomic E-state index is 11.3. The van der Waals surface area contributed by atoms with E-state index in [9.17, 15) is 9.90 Å². The van der Waals surface area contributed by atoms with Gasteiger partial charge in [-0.3, -0.25) is 4.79 Å². The van der Waals surface area contributed by atoms with Gasteiger partial charge in [-0.05, 0) is 24.7 Å². The topological polar surface area (TPSA) is 77.0 Å². The van der Waals surface area contributed by atoms with Gasteiger partial charge in [0.15, 0.2) is 11.5 Å². The summed E-state index contributed by atoms with van der Waals surface area (Å²) in [7, 11) is 6.06. The monoisotopic (exact) mass is 283 g/mol. The Bertz CT molecular complexity index is 449. The SMILES string of the molecule is CNC(CC(=O)OC)C(O)c1ccc(OC)c(OC)c1. The van der Waals surface area contributed by atoms with Crippen molar-refractivity contribution < 1.29 is 24.1 Å². The molecule has 112 valence electrons. The number of methoxy groups -OCH3 is 3. The highest BCUT2D eigenvalue weighted by Gasteiger charge is 2.23. The molecule has 0 aromatic heterocycles. The molecule has 0 heterocycles. The number of benzene rings is 1. The van der Waals surface area contributed by atoms with Crippen LogP contribution in [0.4, 0.5) is 0 Å². The van der Waals surface area contributed by atoms with Crippen LogP contribution in [0.1, 0.15) is 18.1 Å². The zero-order chi connectivity index (χ0) is 15.1. The maximum Gasteiger partial charge on any atom is 0.307 e. The van der Waals surface area contributed by atoms with Crippen LogP contribution in [-0.2, 0) is 9.53 Å². The molecule has 1 aromatic rings. The van der Waals surface area contributed by atoms with Gasteiger partial charge in [0.2, 0.25) is 0 Å². The van der Waals surface area contributed by atoms with Gasteiger partial charge in [0, 0.05) is 6.04 Å². The van der Waals surface area contributed by atoms with Gasteiger partial charge in [-0.25, -0.2) is 0 Å². The van der Waals surface area contributed by atoms with Crippen molar-refractivity contribution in [1.82, 2.24) is 5.32 Å². The van der Waals surface area contributed by atoms with Crippen LogP contribution >= 0.6 is 0 Å². The summed E-state index contributed by atoms with van der Waals surface area (Å²) < 4.78 is 15.0. The first-order valence-electron chi connectivity index (χ1n) is 6.21. The number of esters is 1. The predicted octanol–water partition coefficient (Wildman–Crippen LogP) is 0.888. The second-order valence-corrected chi connectivity index (χ2v) is 4.23. The molecule has 0 fully saturated rings. The fourth-order valence-corrected chi connectivity index (χ4v) is 1.90. The lowest BCUT2D eigenvalue weighted by Crippen LogP contribution is -2.34. The van der Waals surface area contributed by atoms with Crippen LogP contribution < -0.4 is 14.8 Å². The molecule has 6 nitrogen and oxygen atoms in total. The first-order chi connectivity index (χ1) is 9.57. The van der Waals surface area contributed by atoms with E-state index < -0.39 is 12.1 Å². The summed E-state index contributed by atoms with van der Waals surface area (Å²) in [6.45, 7) is 0. The van der Waals surface area contributed by atoms with Crippen LogP contribution in [-0.4, -0.2) is 45.5 Å². The molecule has 6 heteroatoms. The van der Waals surface area contributed by atoms with E-state index in [1.807, 2.05) is 0 Å². The van der Waals surface area contributed by atoms with Crippen molar-refractivity contribution in [3.8, 4) is 11.5 Å². The molecule has 0 aliphatic heterocycles. The van der Waals surface area contributed by atoms with Gasteiger partial charge in [-0.2, -0.15) is 0 Å². The van der Waals surface area contributed by atoms with Crippen LogP contribution in [0.15, 0.2) is 18.2 Å². The molecule has 0 aliphatic rings. The lowest BCUT2D eigenvalue weighted by Gasteiger charge is -2.22. The summed E-state index contributed by atoms with van der Waals surface area (Å²) in [5.41, 5.74) is 0.630. The van der Waals surface area contributed by atoms with Crippen LogP contribution in [0, 0.1) is 0 Å². The second kappa shape index (κ2) is 7.72. The third kappa shape index (κ3) is 3.85. The molecule has 20 heavy (non-hydrogen) atoms. The molecule has 1 aromatic carbocycles. The third-order valence-electron chi connectivity index (χ3n) is 3.12. The van der Waals surface area contributed by atoms with Crippen molar-refractivity contribution in [1.29, 1.82) is 0 Å². The number of ether oxygens (including phenoxy) is 3. The van der Waals surface area contributed by atoms with Gasteiger partial charge in [0.1, 0.15) is 0 Å². The normalized spacial score (nSPS) is 13.4. The average Bonchev–Trinajstić information content (AvgIpc) is 2.50. The van der Waals surface area contributed by atoms with E-state index in [-0.39, 0.29) is 12.4 Å². The van der Waals surface area contributed by atoms with Crippen LogP contribution in [0.3, 0.4) is 0 Å². The summed E-state index contributed by atoms with van der Waals surface area (Å²) in [4.78, 5) is 11.3. The molecule has 0 bridgehead atoms. The highest BCUT2D eigenvalue weighted by Crippen LogP contribution is 2.31. The average molecular weight is 283 g/mol. The van der Waals surface area contributed by atoms with E-state index >= 15 is 0 Å². The van der Waals surface area contributed by atoms with Crippen molar-refractivity contribution in [2.75, 3.05) is 28.4 Å². The van der Waals surface area contributed by atoms with Gasteiger partial charge in [-0.1, -0.05) is 6.07 Å². The second-order valence-electron chi connectivity index (χ2n) is 4.23. The Morgan fingerprint density at radius 3 is 2.40 bits per heavy atom. The summed E-state index contributed by atoms with van der Waals surface area (Å²) in [6.07, 6.45) is -0.790. The van der Waals surface area contributed by atoms with E-state index in [1.165, 1.54) is 14.2 Å². The first-order valence-corrected chi connectivity index (χ1v) is 6.21. The van der Waals surface area contributed by atoms with Crippen LogP contribution in [0.5, 0.6) is 11.5 Å². The number of hydrogen-bond acceptors (Lipinski definition) is 6. The van der Waals surface area contributed by atoms with Crippen molar-refractivity contribution in [2.45, 2.75) is 18.6 Å². The standard InChI is InChI=1S/C14H21NO5/c1-15-10(8-13(16)20-4)14(17)9-5-6-11(18-2)12(7-9)19-3/h5-7,10,14-15,17H,8H2,1-4H3. The molecular weight excluding hydrogens is 262 g/mol. The molecule has 2 atom stereocenters. The number of rotatable bonds is 7. The van der Waals surface area contributed by atoms with Gasteiger partial charge >= 0.3 is 5.97 Å². The van der Waals surface area contributed by atoms with E-state index in [2.05, 4.69) is 10.1 Å². The minimum Gasteiger partial charge on any atom is -0.493 e. The molecular formula is C14H21NO5. The highest BCUT2D eigenvalue weighted by atomic mass is 16.5. The number of carbonyl (C=O) groups excluding carboxylic acids is 1. The lowest BCUT2D eigenvalue weighted by molar-refractivity contribution is -0.142. The van der Waals surface area contributed by atoms with Crippen LogP contribution in [0.2, 0.25) is 0 Å². The Kier molecular flexibility index (Phi) is 6.27. The molecule has 0 saturated heterocycles. The van der Waals surface area contributed by atoms with Crippen molar-refractivity contribution >= 4 is 5.97 Å².